The van der Waals surface area contributed by atoms with Crippen LogP contribution in [-0.4, -0.2) is 13.1 Å². The molecule has 0 amide bonds. The Bertz CT molecular complexity index is 316. The maximum absolute atomic E-state index is 3.51. The van der Waals surface area contributed by atoms with Crippen molar-refractivity contribution >= 4 is 21.6 Å². The fourth-order valence-electron chi connectivity index (χ4n) is 1.82. The maximum atomic E-state index is 3.51. The lowest BCUT2D eigenvalue weighted by Crippen LogP contribution is -2.45. The van der Waals surface area contributed by atoms with E-state index in [9.17, 15) is 0 Å². The number of nitrogens with zero attached hydrogens (tertiary/aromatic N) is 1. The van der Waals surface area contributed by atoms with Gasteiger partial charge in [0, 0.05) is 23.2 Å². The highest BCUT2D eigenvalue weighted by molar-refractivity contribution is 9.10. The first-order valence-electron chi connectivity index (χ1n) is 4.68. The van der Waals surface area contributed by atoms with E-state index < -0.39 is 0 Å². The quantitative estimate of drug-likeness (QED) is 0.728. The summed E-state index contributed by atoms with van der Waals surface area (Å²) >= 11 is 3.51. The first-order valence-corrected chi connectivity index (χ1v) is 5.47. The molecule has 0 N–H and O–H groups in total. The molecule has 0 atom stereocenters. The van der Waals surface area contributed by atoms with E-state index in [1.807, 2.05) is 0 Å². The molecular formula is C11H14BrN. The molecule has 0 spiro atoms. The van der Waals surface area contributed by atoms with Crippen LogP contribution < -0.4 is 4.90 Å². The molecule has 2 rings (SSSR count). The smallest absolute Gasteiger partial charge is 0.0407 e. The molecule has 1 aromatic carbocycles. The molecule has 1 saturated heterocycles. The van der Waals surface area contributed by atoms with Gasteiger partial charge in [-0.2, -0.15) is 0 Å². The van der Waals surface area contributed by atoms with Crippen molar-refractivity contribution in [3.63, 3.8) is 0 Å². The fourth-order valence-corrected chi connectivity index (χ4v) is 2.17. The van der Waals surface area contributed by atoms with Gasteiger partial charge in [0.05, 0.1) is 0 Å². The van der Waals surface area contributed by atoms with E-state index in [0.29, 0.717) is 0 Å². The van der Waals surface area contributed by atoms with Gasteiger partial charge in [0.25, 0.3) is 0 Å². The Balaban J connectivity index is 2.24. The van der Waals surface area contributed by atoms with Crippen LogP contribution >= 0.6 is 15.9 Å². The number of rotatable bonds is 1. The predicted molar refractivity (Wildman–Crippen MR) is 60.3 cm³/mol. The summed E-state index contributed by atoms with van der Waals surface area (Å²) in [6.45, 7) is 6.88. The second-order valence-electron chi connectivity index (χ2n) is 3.94. The first kappa shape index (κ1) is 9.07. The summed E-state index contributed by atoms with van der Waals surface area (Å²) < 4.78 is 1.17. The summed E-state index contributed by atoms with van der Waals surface area (Å²) in [6.07, 6.45) is 0. The molecule has 0 unspecified atom stereocenters. The average Bonchev–Trinajstić information content (AvgIpc) is 2.04. The Morgan fingerprint density at radius 3 is 2.69 bits per heavy atom. The third-order valence-corrected chi connectivity index (χ3v) is 3.07. The molecule has 0 aromatic heterocycles. The van der Waals surface area contributed by atoms with Crippen LogP contribution in [0.25, 0.3) is 0 Å². The lowest BCUT2D eigenvalue weighted by molar-refractivity contribution is 0.446. The van der Waals surface area contributed by atoms with E-state index in [1.165, 1.54) is 28.8 Å². The number of benzene rings is 1. The van der Waals surface area contributed by atoms with Gasteiger partial charge in [0.2, 0.25) is 0 Å². The van der Waals surface area contributed by atoms with Gasteiger partial charge in [0.1, 0.15) is 0 Å². The summed E-state index contributed by atoms with van der Waals surface area (Å²) in [7, 11) is 0. The van der Waals surface area contributed by atoms with E-state index in [2.05, 4.69) is 52.9 Å². The number of aryl methyl sites for hydroxylation is 1. The third-order valence-electron chi connectivity index (χ3n) is 2.58. The number of halogens is 1. The van der Waals surface area contributed by atoms with Crippen molar-refractivity contribution in [2.45, 2.75) is 13.8 Å². The average molecular weight is 240 g/mol. The van der Waals surface area contributed by atoms with Gasteiger partial charge in [-0.3, -0.25) is 0 Å². The zero-order valence-corrected chi connectivity index (χ0v) is 9.63. The van der Waals surface area contributed by atoms with Crippen LogP contribution in [0.5, 0.6) is 0 Å². The van der Waals surface area contributed by atoms with Crippen molar-refractivity contribution in [1.82, 2.24) is 0 Å². The maximum Gasteiger partial charge on any atom is 0.0407 e. The summed E-state index contributed by atoms with van der Waals surface area (Å²) in [5, 5.41) is 0. The lowest BCUT2D eigenvalue weighted by Gasteiger charge is -2.40. The van der Waals surface area contributed by atoms with E-state index in [0.717, 1.165) is 5.92 Å². The summed E-state index contributed by atoms with van der Waals surface area (Å²) in [6, 6.07) is 6.48. The molecule has 1 aliphatic heterocycles. The zero-order valence-electron chi connectivity index (χ0n) is 8.05. The standard InChI is InChI=1S/C11H14BrN/c1-8-6-13(7-8)11-5-10(12)4-3-9(11)2/h3-5,8H,6-7H2,1-2H3. The summed E-state index contributed by atoms with van der Waals surface area (Å²) in [5.41, 5.74) is 2.75. The highest BCUT2D eigenvalue weighted by atomic mass is 79.9. The molecule has 0 radical (unpaired) electrons. The molecule has 1 aromatic rings. The third kappa shape index (κ3) is 1.73. The van der Waals surface area contributed by atoms with Crippen molar-refractivity contribution in [2.24, 2.45) is 5.92 Å². The predicted octanol–water partition coefficient (Wildman–Crippen LogP) is 3.21. The normalized spacial score (nSPS) is 17.3. The van der Waals surface area contributed by atoms with Gasteiger partial charge in [-0.1, -0.05) is 28.9 Å². The molecule has 1 nitrogen and oxygen atoms in total. The van der Waals surface area contributed by atoms with Crippen LogP contribution in [0.2, 0.25) is 0 Å². The second kappa shape index (κ2) is 3.33. The largest absolute Gasteiger partial charge is 0.371 e. The van der Waals surface area contributed by atoms with Crippen LogP contribution in [0.4, 0.5) is 5.69 Å². The first-order chi connectivity index (χ1) is 6.16. The van der Waals surface area contributed by atoms with Crippen molar-refractivity contribution in [3.8, 4) is 0 Å². The number of hydrogen-bond acceptors (Lipinski definition) is 1. The van der Waals surface area contributed by atoms with Gasteiger partial charge in [-0.05, 0) is 30.5 Å². The molecule has 0 saturated carbocycles. The Morgan fingerprint density at radius 1 is 1.38 bits per heavy atom. The van der Waals surface area contributed by atoms with Crippen molar-refractivity contribution in [3.05, 3.63) is 28.2 Å². The lowest BCUT2D eigenvalue weighted by atomic mass is 10.0. The molecule has 1 aliphatic rings. The summed E-state index contributed by atoms with van der Waals surface area (Å²) in [5.74, 6) is 0.860. The highest BCUT2D eigenvalue weighted by Gasteiger charge is 2.23. The molecule has 1 heterocycles. The summed E-state index contributed by atoms with van der Waals surface area (Å²) in [4.78, 5) is 2.44. The number of anilines is 1. The molecular weight excluding hydrogens is 226 g/mol. The SMILES string of the molecule is Cc1ccc(Br)cc1N1CC(C)C1. The van der Waals surface area contributed by atoms with E-state index >= 15 is 0 Å². The van der Waals surface area contributed by atoms with Crippen molar-refractivity contribution in [1.29, 1.82) is 0 Å². The van der Waals surface area contributed by atoms with E-state index in [1.54, 1.807) is 0 Å². The van der Waals surface area contributed by atoms with Crippen LogP contribution in [0.1, 0.15) is 12.5 Å². The van der Waals surface area contributed by atoms with Crippen LogP contribution in [0.15, 0.2) is 22.7 Å². The monoisotopic (exact) mass is 239 g/mol. The Kier molecular flexibility index (Phi) is 2.33. The molecule has 2 heteroatoms. The Morgan fingerprint density at radius 2 is 2.08 bits per heavy atom. The molecule has 1 fully saturated rings. The second-order valence-corrected chi connectivity index (χ2v) is 4.86. The van der Waals surface area contributed by atoms with Crippen LogP contribution in [0.3, 0.4) is 0 Å². The number of hydrogen-bond donors (Lipinski definition) is 0. The molecule has 0 bridgehead atoms. The molecule has 0 aliphatic carbocycles. The van der Waals surface area contributed by atoms with Crippen LogP contribution in [-0.2, 0) is 0 Å². The van der Waals surface area contributed by atoms with Crippen molar-refractivity contribution < 1.29 is 0 Å². The Hall–Kier alpha value is -0.500. The Labute approximate surface area is 87.9 Å². The minimum Gasteiger partial charge on any atom is -0.371 e. The van der Waals surface area contributed by atoms with Gasteiger partial charge >= 0.3 is 0 Å². The topological polar surface area (TPSA) is 3.24 Å². The van der Waals surface area contributed by atoms with Gasteiger partial charge in [0.15, 0.2) is 0 Å². The fraction of sp³-hybridized carbons (Fsp3) is 0.455. The van der Waals surface area contributed by atoms with Gasteiger partial charge in [-0.25, -0.2) is 0 Å². The zero-order chi connectivity index (χ0) is 9.42. The molecule has 13 heavy (non-hydrogen) atoms. The van der Waals surface area contributed by atoms with Crippen molar-refractivity contribution in [2.75, 3.05) is 18.0 Å². The van der Waals surface area contributed by atoms with E-state index in [4.69, 9.17) is 0 Å². The van der Waals surface area contributed by atoms with E-state index in [-0.39, 0.29) is 0 Å². The van der Waals surface area contributed by atoms with Gasteiger partial charge in [-0.15, -0.1) is 0 Å². The minimum atomic E-state index is 0.860. The minimum absolute atomic E-state index is 0.860. The van der Waals surface area contributed by atoms with Gasteiger partial charge < -0.3 is 4.90 Å². The van der Waals surface area contributed by atoms with Crippen LogP contribution in [0, 0.1) is 12.8 Å². The molecule has 70 valence electrons. The highest BCUT2D eigenvalue weighted by Crippen LogP contribution is 2.29.